The molecule has 0 aromatic rings. The summed E-state index contributed by atoms with van der Waals surface area (Å²) in [5, 5.41) is 0. The fraction of sp³-hybridized carbons (Fsp3) is 0.857. The standard InChI is InChI=1S/C14H28N2O/c1-3-5-11-13(16-15)14(17-4-2)12-9-7-6-8-10-12/h3,12-14,16H,1,4-11,15H2,2H3. The second kappa shape index (κ2) is 8.67. The van der Waals surface area contributed by atoms with Crippen LogP contribution in [0.5, 0.6) is 0 Å². The lowest BCUT2D eigenvalue weighted by Gasteiger charge is -2.35. The predicted molar refractivity (Wildman–Crippen MR) is 72.5 cm³/mol. The van der Waals surface area contributed by atoms with E-state index < -0.39 is 0 Å². The fourth-order valence-corrected chi connectivity index (χ4v) is 2.88. The van der Waals surface area contributed by atoms with E-state index in [1.54, 1.807) is 0 Å². The van der Waals surface area contributed by atoms with Crippen molar-refractivity contribution >= 4 is 0 Å². The third-order valence-corrected chi connectivity index (χ3v) is 3.77. The average molecular weight is 240 g/mol. The van der Waals surface area contributed by atoms with Crippen molar-refractivity contribution in [2.75, 3.05) is 6.61 Å². The molecule has 0 aliphatic heterocycles. The van der Waals surface area contributed by atoms with Gasteiger partial charge in [0.1, 0.15) is 0 Å². The average Bonchev–Trinajstić information content (AvgIpc) is 2.39. The Morgan fingerprint density at radius 2 is 2.12 bits per heavy atom. The molecule has 1 fully saturated rings. The van der Waals surface area contributed by atoms with Crippen molar-refractivity contribution in [3.05, 3.63) is 12.7 Å². The largest absolute Gasteiger partial charge is 0.377 e. The van der Waals surface area contributed by atoms with Crippen LogP contribution in [-0.2, 0) is 4.74 Å². The lowest BCUT2D eigenvalue weighted by molar-refractivity contribution is -0.0191. The molecule has 2 unspecified atom stereocenters. The first-order valence-corrected chi connectivity index (χ1v) is 7.02. The maximum Gasteiger partial charge on any atom is 0.0769 e. The van der Waals surface area contributed by atoms with E-state index in [-0.39, 0.29) is 12.1 Å². The Kier molecular flexibility index (Phi) is 7.49. The van der Waals surface area contributed by atoms with Crippen LogP contribution in [0.15, 0.2) is 12.7 Å². The lowest BCUT2D eigenvalue weighted by atomic mass is 9.81. The number of hydrazine groups is 1. The molecule has 17 heavy (non-hydrogen) atoms. The molecule has 3 heteroatoms. The number of allylic oxidation sites excluding steroid dienone is 1. The van der Waals surface area contributed by atoms with E-state index in [9.17, 15) is 0 Å². The Morgan fingerprint density at radius 3 is 2.65 bits per heavy atom. The summed E-state index contributed by atoms with van der Waals surface area (Å²) in [6, 6.07) is 0.260. The Hall–Kier alpha value is -0.380. The second-order valence-electron chi connectivity index (χ2n) is 4.96. The first-order valence-electron chi connectivity index (χ1n) is 7.02. The zero-order valence-electron chi connectivity index (χ0n) is 11.2. The Labute approximate surface area is 106 Å². The molecule has 0 bridgehead atoms. The first kappa shape index (κ1) is 14.7. The molecule has 0 heterocycles. The molecule has 100 valence electrons. The van der Waals surface area contributed by atoms with Gasteiger partial charge in [0.15, 0.2) is 0 Å². The van der Waals surface area contributed by atoms with Crippen molar-refractivity contribution < 1.29 is 4.74 Å². The van der Waals surface area contributed by atoms with E-state index >= 15 is 0 Å². The Balaban J connectivity index is 2.56. The zero-order chi connectivity index (χ0) is 12.5. The zero-order valence-corrected chi connectivity index (χ0v) is 11.2. The van der Waals surface area contributed by atoms with Crippen molar-refractivity contribution in [2.24, 2.45) is 11.8 Å². The lowest BCUT2D eigenvalue weighted by Crippen LogP contribution is -2.49. The molecule has 1 rings (SSSR count). The number of rotatable bonds is 8. The molecule has 0 amide bonds. The van der Waals surface area contributed by atoms with Crippen LogP contribution in [0, 0.1) is 5.92 Å². The summed E-state index contributed by atoms with van der Waals surface area (Å²) < 4.78 is 5.95. The van der Waals surface area contributed by atoms with Gasteiger partial charge in [0, 0.05) is 12.6 Å². The normalized spacial score (nSPS) is 21.1. The molecule has 1 aliphatic rings. The highest BCUT2D eigenvalue weighted by atomic mass is 16.5. The van der Waals surface area contributed by atoms with Crippen LogP contribution in [0.4, 0.5) is 0 Å². The number of nitrogens with one attached hydrogen (secondary N) is 1. The van der Waals surface area contributed by atoms with Crippen LogP contribution in [0.2, 0.25) is 0 Å². The quantitative estimate of drug-likeness (QED) is 0.389. The van der Waals surface area contributed by atoms with E-state index in [1.807, 2.05) is 6.08 Å². The van der Waals surface area contributed by atoms with Crippen LogP contribution in [0.3, 0.4) is 0 Å². The van der Waals surface area contributed by atoms with Gasteiger partial charge in [-0.05, 0) is 38.5 Å². The van der Waals surface area contributed by atoms with Crippen molar-refractivity contribution in [1.82, 2.24) is 5.43 Å². The predicted octanol–water partition coefficient (Wildman–Crippen LogP) is 2.77. The van der Waals surface area contributed by atoms with Gasteiger partial charge >= 0.3 is 0 Å². The summed E-state index contributed by atoms with van der Waals surface area (Å²) >= 11 is 0. The summed E-state index contributed by atoms with van der Waals surface area (Å²) in [6.07, 6.45) is 10.9. The number of hydrogen-bond donors (Lipinski definition) is 2. The van der Waals surface area contributed by atoms with Gasteiger partial charge in [0.2, 0.25) is 0 Å². The highest BCUT2D eigenvalue weighted by molar-refractivity contribution is 4.85. The maximum atomic E-state index is 5.95. The highest BCUT2D eigenvalue weighted by Gasteiger charge is 2.30. The van der Waals surface area contributed by atoms with Gasteiger partial charge in [-0.15, -0.1) is 6.58 Å². The SMILES string of the molecule is C=CCCC(NN)C(OCC)C1CCCCC1. The molecule has 3 N–H and O–H groups in total. The second-order valence-corrected chi connectivity index (χ2v) is 4.96. The molecule has 2 atom stereocenters. The Bertz CT molecular complexity index is 202. The molecule has 0 spiro atoms. The number of ether oxygens (including phenoxy) is 1. The minimum absolute atomic E-state index is 0.260. The van der Waals surface area contributed by atoms with Crippen LogP contribution >= 0.6 is 0 Å². The summed E-state index contributed by atoms with van der Waals surface area (Å²) in [6.45, 7) is 6.61. The van der Waals surface area contributed by atoms with E-state index in [2.05, 4.69) is 18.9 Å². The van der Waals surface area contributed by atoms with Crippen molar-refractivity contribution in [2.45, 2.75) is 64.0 Å². The fourth-order valence-electron chi connectivity index (χ4n) is 2.88. The molecular formula is C14H28N2O. The highest BCUT2D eigenvalue weighted by Crippen LogP contribution is 2.30. The Morgan fingerprint density at radius 1 is 1.41 bits per heavy atom. The number of hydrogen-bond acceptors (Lipinski definition) is 3. The smallest absolute Gasteiger partial charge is 0.0769 e. The summed E-state index contributed by atoms with van der Waals surface area (Å²) in [7, 11) is 0. The van der Waals surface area contributed by atoms with Gasteiger partial charge in [-0.1, -0.05) is 25.3 Å². The maximum absolute atomic E-state index is 5.95. The van der Waals surface area contributed by atoms with Crippen LogP contribution in [0.25, 0.3) is 0 Å². The van der Waals surface area contributed by atoms with Crippen LogP contribution in [0.1, 0.15) is 51.9 Å². The van der Waals surface area contributed by atoms with E-state index in [0.717, 1.165) is 19.4 Å². The number of nitrogens with two attached hydrogens (primary N) is 1. The van der Waals surface area contributed by atoms with Gasteiger partial charge in [0.25, 0.3) is 0 Å². The van der Waals surface area contributed by atoms with Gasteiger partial charge in [0.05, 0.1) is 6.10 Å². The first-order chi connectivity index (χ1) is 8.33. The topological polar surface area (TPSA) is 47.3 Å². The van der Waals surface area contributed by atoms with Crippen molar-refractivity contribution in [3.8, 4) is 0 Å². The monoisotopic (exact) mass is 240 g/mol. The van der Waals surface area contributed by atoms with Gasteiger partial charge in [-0.25, -0.2) is 0 Å². The summed E-state index contributed by atoms with van der Waals surface area (Å²) in [5.41, 5.74) is 2.95. The van der Waals surface area contributed by atoms with Gasteiger partial charge in [-0.2, -0.15) is 0 Å². The summed E-state index contributed by atoms with van der Waals surface area (Å²) in [4.78, 5) is 0. The molecule has 1 saturated carbocycles. The van der Waals surface area contributed by atoms with Gasteiger partial charge in [-0.3, -0.25) is 11.3 Å². The van der Waals surface area contributed by atoms with E-state index in [0.29, 0.717) is 5.92 Å². The van der Waals surface area contributed by atoms with E-state index in [1.165, 1.54) is 32.1 Å². The van der Waals surface area contributed by atoms with E-state index in [4.69, 9.17) is 10.6 Å². The summed E-state index contributed by atoms with van der Waals surface area (Å²) in [5.74, 6) is 6.36. The molecule has 0 aromatic heterocycles. The minimum atomic E-state index is 0.260. The minimum Gasteiger partial charge on any atom is -0.377 e. The van der Waals surface area contributed by atoms with Gasteiger partial charge < -0.3 is 4.74 Å². The molecule has 3 nitrogen and oxygen atoms in total. The molecular weight excluding hydrogens is 212 g/mol. The molecule has 0 radical (unpaired) electrons. The third-order valence-electron chi connectivity index (χ3n) is 3.77. The van der Waals surface area contributed by atoms with Crippen molar-refractivity contribution in [3.63, 3.8) is 0 Å². The molecule has 1 aliphatic carbocycles. The third kappa shape index (κ3) is 4.78. The molecule has 0 saturated heterocycles. The van der Waals surface area contributed by atoms with Crippen LogP contribution < -0.4 is 11.3 Å². The van der Waals surface area contributed by atoms with Crippen molar-refractivity contribution in [1.29, 1.82) is 0 Å². The molecule has 0 aromatic carbocycles. The van der Waals surface area contributed by atoms with Crippen LogP contribution in [-0.4, -0.2) is 18.8 Å².